The molecule has 21 heavy (non-hydrogen) atoms. The summed E-state index contributed by atoms with van der Waals surface area (Å²) >= 11 is 0. The lowest BCUT2D eigenvalue weighted by Crippen LogP contribution is -2.20. The molecular formula is C17H26O3Si. The molecule has 0 saturated carbocycles. The predicted octanol–water partition coefficient (Wildman–Crippen LogP) is 3.98. The zero-order valence-corrected chi connectivity index (χ0v) is 14.7. The van der Waals surface area contributed by atoms with E-state index in [4.69, 9.17) is 4.74 Å². The van der Waals surface area contributed by atoms with Crippen molar-refractivity contribution in [2.75, 3.05) is 0 Å². The van der Waals surface area contributed by atoms with E-state index in [-0.39, 0.29) is 23.4 Å². The van der Waals surface area contributed by atoms with Crippen LogP contribution in [0.25, 0.3) is 0 Å². The fraction of sp³-hybridized carbons (Fsp3) is 0.529. The summed E-state index contributed by atoms with van der Waals surface area (Å²) in [7, 11) is -1.15. The van der Waals surface area contributed by atoms with Crippen molar-refractivity contribution in [3.05, 3.63) is 35.3 Å². The van der Waals surface area contributed by atoms with Crippen molar-refractivity contribution < 1.29 is 14.3 Å². The van der Waals surface area contributed by atoms with Gasteiger partial charge in [-0.05, 0) is 32.3 Å². The third-order valence-electron chi connectivity index (χ3n) is 3.26. The summed E-state index contributed by atoms with van der Waals surface area (Å²) in [6, 6.07) is 0. The minimum Gasteiger partial charge on any atom is -0.486 e. The molecule has 0 radical (unpaired) electrons. The number of ether oxygens (including phenoxy) is 1. The molecule has 0 bridgehead atoms. The summed E-state index contributed by atoms with van der Waals surface area (Å²) in [5.74, 6) is -0.159. The molecule has 0 aliphatic heterocycles. The van der Waals surface area contributed by atoms with Crippen LogP contribution in [0.4, 0.5) is 0 Å². The molecule has 0 aromatic carbocycles. The van der Waals surface area contributed by atoms with Gasteiger partial charge in [0.15, 0.2) is 11.5 Å². The Bertz CT molecular complexity index is 493. The van der Waals surface area contributed by atoms with Gasteiger partial charge in [-0.1, -0.05) is 38.3 Å². The Hall–Kier alpha value is -1.42. The van der Waals surface area contributed by atoms with Gasteiger partial charge in [-0.2, -0.15) is 0 Å². The van der Waals surface area contributed by atoms with Gasteiger partial charge in [0.25, 0.3) is 0 Å². The van der Waals surface area contributed by atoms with Crippen LogP contribution in [-0.2, 0) is 14.3 Å². The molecule has 1 unspecified atom stereocenters. The molecule has 0 saturated heterocycles. The third-order valence-corrected chi connectivity index (χ3v) is 4.50. The predicted molar refractivity (Wildman–Crippen MR) is 88.7 cm³/mol. The quantitative estimate of drug-likeness (QED) is 0.528. The van der Waals surface area contributed by atoms with Gasteiger partial charge in [0.05, 0.1) is 14.2 Å². The highest BCUT2D eigenvalue weighted by Gasteiger charge is 2.21. The highest BCUT2D eigenvalue weighted by atomic mass is 28.3. The van der Waals surface area contributed by atoms with Crippen LogP contribution in [0.2, 0.25) is 19.6 Å². The van der Waals surface area contributed by atoms with E-state index >= 15 is 0 Å². The Morgan fingerprint density at radius 3 is 2.43 bits per heavy atom. The van der Waals surface area contributed by atoms with Crippen molar-refractivity contribution in [1.29, 1.82) is 0 Å². The van der Waals surface area contributed by atoms with Gasteiger partial charge in [0.2, 0.25) is 5.78 Å². The summed E-state index contributed by atoms with van der Waals surface area (Å²) < 4.78 is 5.73. The minimum atomic E-state index is -1.15. The average Bonchev–Trinajstić information content (AvgIpc) is 2.37. The second kappa shape index (κ2) is 7.55. The van der Waals surface area contributed by atoms with Crippen molar-refractivity contribution in [3.63, 3.8) is 0 Å². The first kappa shape index (κ1) is 17.6. The second-order valence-corrected chi connectivity index (χ2v) is 11.6. The monoisotopic (exact) mass is 306 g/mol. The second-order valence-electron chi connectivity index (χ2n) is 6.56. The molecule has 1 aliphatic carbocycles. The van der Waals surface area contributed by atoms with Crippen LogP contribution in [0, 0.1) is 0 Å². The Kier molecular flexibility index (Phi) is 6.34. The van der Waals surface area contributed by atoms with Gasteiger partial charge in [-0.15, -0.1) is 0 Å². The van der Waals surface area contributed by atoms with Crippen molar-refractivity contribution in [3.8, 4) is 0 Å². The third kappa shape index (κ3) is 6.25. The summed E-state index contributed by atoms with van der Waals surface area (Å²) in [5.41, 5.74) is 2.79. The van der Waals surface area contributed by atoms with Crippen LogP contribution >= 0.6 is 0 Å². The molecule has 0 N–H and O–H groups in total. The number of hydrogen-bond donors (Lipinski definition) is 0. The van der Waals surface area contributed by atoms with Gasteiger partial charge in [0, 0.05) is 11.6 Å². The van der Waals surface area contributed by atoms with Crippen LogP contribution in [0.3, 0.4) is 0 Å². The SMILES string of the molecule is CCC(CC/C=C/[Si](C)(C)C)OC1=CC(=O)C(C)=CC1=O. The lowest BCUT2D eigenvalue weighted by atomic mass is 10.0. The largest absolute Gasteiger partial charge is 0.486 e. The number of hydrogen-bond acceptors (Lipinski definition) is 3. The maximum atomic E-state index is 11.8. The fourth-order valence-electron chi connectivity index (χ4n) is 1.98. The molecule has 3 nitrogen and oxygen atoms in total. The Labute approximate surface area is 128 Å². The molecule has 4 heteroatoms. The molecular weight excluding hydrogens is 280 g/mol. The molecule has 0 fully saturated rings. The Balaban J connectivity index is 2.55. The normalized spacial score (nSPS) is 17.8. The number of carbonyl (C=O) groups is 2. The van der Waals surface area contributed by atoms with Gasteiger partial charge >= 0.3 is 0 Å². The van der Waals surface area contributed by atoms with E-state index in [1.165, 1.54) is 12.2 Å². The van der Waals surface area contributed by atoms with E-state index in [9.17, 15) is 9.59 Å². The Morgan fingerprint density at radius 1 is 1.19 bits per heavy atom. The maximum Gasteiger partial charge on any atom is 0.220 e. The fourth-order valence-corrected chi connectivity index (χ4v) is 2.85. The molecule has 0 aromatic heterocycles. The summed E-state index contributed by atoms with van der Waals surface area (Å²) in [6.45, 7) is 10.6. The van der Waals surface area contributed by atoms with Gasteiger partial charge in [0.1, 0.15) is 0 Å². The van der Waals surface area contributed by atoms with E-state index in [1.807, 2.05) is 6.92 Å². The number of rotatable bonds is 7. The van der Waals surface area contributed by atoms with E-state index in [1.54, 1.807) is 6.92 Å². The number of ketones is 2. The molecule has 1 aliphatic rings. The highest BCUT2D eigenvalue weighted by molar-refractivity contribution is 6.80. The van der Waals surface area contributed by atoms with Crippen molar-refractivity contribution in [2.45, 2.75) is 58.9 Å². The lowest BCUT2D eigenvalue weighted by Gasteiger charge is -2.19. The van der Waals surface area contributed by atoms with Crippen LogP contribution < -0.4 is 0 Å². The highest BCUT2D eigenvalue weighted by Crippen LogP contribution is 2.18. The molecule has 116 valence electrons. The van der Waals surface area contributed by atoms with Crippen molar-refractivity contribution in [1.82, 2.24) is 0 Å². The smallest absolute Gasteiger partial charge is 0.220 e. The summed E-state index contributed by atoms with van der Waals surface area (Å²) in [5, 5.41) is 0. The average molecular weight is 306 g/mol. The molecule has 1 atom stereocenters. The van der Waals surface area contributed by atoms with Gasteiger partial charge in [-0.3, -0.25) is 9.59 Å². The maximum absolute atomic E-state index is 11.8. The molecule has 0 heterocycles. The van der Waals surface area contributed by atoms with Crippen LogP contribution in [0.15, 0.2) is 35.3 Å². The van der Waals surface area contributed by atoms with E-state index in [2.05, 4.69) is 31.4 Å². The standard InChI is InChI=1S/C17H26O3Si/c1-6-14(9-7-8-10-21(3,4)5)20-17-12-15(18)13(2)11-16(17)19/h8,10-12,14H,6-7,9H2,1-5H3/b10-8+. The molecule has 0 amide bonds. The molecule has 1 rings (SSSR count). The van der Waals surface area contributed by atoms with E-state index in [0.717, 1.165) is 19.3 Å². The van der Waals surface area contributed by atoms with Crippen molar-refractivity contribution in [2.24, 2.45) is 0 Å². The summed E-state index contributed by atoms with van der Waals surface area (Å²) in [4.78, 5) is 23.4. The minimum absolute atomic E-state index is 0.0221. The lowest BCUT2D eigenvalue weighted by molar-refractivity contribution is -0.118. The van der Waals surface area contributed by atoms with Gasteiger partial charge in [-0.25, -0.2) is 0 Å². The van der Waals surface area contributed by atoms with Crippen LogP contribution in [0.1, 0.15) is 33.1 Å². The first-order valence-electron chi connectivity index (χ1n) is 7.56. The first-order chi connectivity index (χ1) is 9.73. The van der Waals surface area contributed by atoms with Crippen LogP contribution in [0.5, 0.6) is 0 Å². The summed E-state index contributed by atoms with van der Waals surface area (Å²) in [6.07, 6.45) is 7.48. The van der Waals surface area contributed by atoms with E-state index in [0.29, 0.717) is 5.57 Å². The topological polar surface area (TPSA) is 43.4 Å². The Morgan fingerprint density at radius 2 is 1.86 bits per heavy atom. The molecule has 0 spiro atoms. The zero-order chi connectivity index (χ0) is 16.0. The van der Waals surface area contributed by atoms with Gasteiger partial charge < -0.3 is 4.74 Å². The van der Waals surface area contributed by atoms with Crippen molar-refractivity contribution >= 4 is 19.6 Å². The zero-order valence-electron chi connectivity index (χ0n) is 13.7. The number of allylic oxidation sites excluding steroid dienone is 4. The van der Waals surface area contributed by atoms with E-state index < -0.39 is 8.07 Å². The first-order valence-corrected chi connectivity index (χ1v) is 11.1. The van der Waals surface area contributed by atoms with Crippen LogP contribution in [-0.4, -0.2) is 25.7 Å². The molecule has 0 aromatic rings. The number of carbonyl (C=O) groups excluding carboxylic acids is 2.